The van der Waals surface area contributed by atoms with Crippen LogP contribution in [0.2, 0.25) is 0 Å². The number of ether oxygens (including phenoxy) is 1. The van der Waals surface area contributed by atoms with Gasteiger partial charge in [0.15, 0.2) is 5.12 Å². The van der Waals surface area contributed by atoms with Crippen molar-refractivity contribution in [1.29, 1.82) is 0 Å². The summed E-state index contributed by atoms with van der Waals surface area (Å²) in [5.74, 6) is 0.935. The molecule has 0 heterocycles. The standard InChI is InChI=1S/C15H22O2S/c1-11-6-7-12(2)13(10-11)17-9-5-8-15(3,4)14(16)18/h6-7,10H,5,8-9H2,1-4H3,(H,16,18). The monoisotopic (exact) mass is 266 g/mol. The van der Waals surface area contributed by atoms with E-state index in [0.717, 1.165) is 24.2 Å². The average Bonchev–Trinajstić information content (AvgIpc) is 2.28. The van der Waals surface area contributed by atoms with Crippen molar-refractivity contribution in [3.05, 3.63) is 29.3 Å². The Hall–Kier alpha value is -0.960. The molecule has 0 spiro atoms. The third-order valence-electron chi connectivity index (χ3n) is 3.13. The predicted molar refractivity (Wildman–Crippen MR) is 78.4 cm³/mol. The van der Waals surface area contributed by atoms with E-state index in [-0.39, 0.29) is 10.5 Å². The highest BCUT2D eigenvalue weighted by atomic mass is 32.1. The lowest BCUT2D eigenvalue weighted by molar-refractivity contribution is -0.118. The SMILES string of the molecule is Cc1ccc(C)c(OCCCC(C)(C)C(=O)S)c1. The number of hydrogen-bond donors (Lipinski definition) is 1. The lowest BCUT2D eigenvalue weighted by atomic mass is 9.90. The fourth-order valence-corrected chi connectivity index (χ4v) is 1.78. The highest BCUT2D eigenvalue weighted by Crippen LogP contribution is 2.26. The van der Waals surface area contributed by atoms with Gasteiger partial charge in [0.05, 0.1) is 6.61 Å². The highest BCUT2D eigenvalue weighted by Gasteiger charge is 2.23. The van der Waals surface area contributed by atoms with Gasteiger partial charge in [0.25, 0.3) is 0 Å². The van der Waals surface area contributed by atoms with Crippen LogP contribution in [-0.4, -0.2) is 11.7 Å². The topological polar surface area (TPSA) is 26.3 Å². The minimum Gasteiger partial charge on any atom is -0.493 e. The van der Waals surface area contributed by atoms with Gasteiger partial charge in [-0.25, -0.2) is 0 Å². The van der Waals surface area contributed by atoms with E-state index in [1.807, 2.05) is 26.8 Å². The molecular weight excluding hydrogens is 244 g/mol. The van der Waals surface area contributed by atoms with Gasteiger partial charge >= 0.3 is 0 Å². The summed E-state index contributed by atoms with van der Waals surface area (Å²) in [4.78, 5) is 11.3. The van der Waals surface area contributed by atoms with Gasteiger partial charge in [0.2, 0.25) is 0 Å². The Bertz CT molecular complexity index is 425. The molecule has 0 aliphatic heterocycles. The molecule has 1 aromatic carbocycles. The number of thiol groups is 1. The summed E-state index contributed by atoms with van der Waals surface area (Å²) in [6.07, 6.45) is 1.65. The normalized spacial score (nSPS) is 11.4. The van der Waals surface area contributed by atoms with Gasteiger partial charge < -0.3 is 4.74 Å². The molecule has 0 unspecified atom stereocenters. The first-order chi connectivity index (χ1) is 8.33. The molecule has 0 aliphatic carbocycles. The first-order valence-corrected chi connectivity index (χ1v) is 6.71. The van der Waals surface area contributed by atoms with Crippen LogP contribution in [0, 0.1) is 19.3 Å². The van der Waals surface area contributed by atoms with Crippen LogP contribution in [0.15, 0.2) is 18.2 Å². The van der Waals surface area contributed by atoms with Crippen LogP contribution in [0.3, 0.4) is 0 Å². The minimum absolute atomic E-state index is 0.0609. The van der Waals surface area contributed by atoms with E-state index >= 15 is 0 Å². The number of carbonyl (C=O) groups excluding carboxylic acids is 1. The second kappa shape index (κ2) is 6.28. The molecule has 0 atom stereocenters. The Balaban J connectivity index is 2.43. The summed E-state index contributed by atoms with van der Waals surface area (Å²) >= 11 is 3.90. The van der Waals surface area contributed by atoms with E-state index < -0.39 is 0 Å². The van der Waals surface area contributed by atoms with Gasteiger partial charge in [-0.15, -0.1) is 12.6 Å². The fourth-order valence-electron chi connectivity index (χ4n) is 1.67. The van der Waals surface area contributed by atoms with E-state index in [0.29, 0.717) is 6.61 Å². The Morgan fingerprint density at radius 2 is 2.00 bits per heavy atom. The van der Waals surface area contributed by atoms with Crippen LogP contribution in [0.4, 0.5) is 0 Å². The summed E-state index contributed by atoms with van der Waals surface area (Å²) in [7, 11) is 0. The van der Waals surface area contributed by atoms with E-state index in [2.05, 4.69) is 31.7 Å². The Morgan fingerprint density at radius 3 is 2.61 bits per heavy atom. The van der Waals surface area contributed by atoms with Crippen molar-refractivity contribution in [2.75, 3.05) is 6.61 Å². The summed E-state index contributed by atoms with van der Waals surface area (Å²) in [5, 5.41) is -0.0609. The first-order valence-electron chi connectivity index (χ1n) is 6.26. The number of carbonyl (C=O) groups is 1. The molecule has 0 fully saturated rings. The van der Waals surface area contributed by atoms with E-state index in [4.69, 9.17) is 4.74 Å². The molecule has 0 radical (unpaired) electrons. The molecule has 1 aromatic rings. The average molecular weight is 266 g/mol. The Labute approximate surface area is 115 Å². The Kier molecular flexibility index (Phi) is 5.27. The largest absolute Gasteiger partial charge is 0.493 e. The molecule has 0 saturated carbocycles. The second-order valence-corrected chi connectivity index (χ2v) is 5.82. The molecular formula is C15H22O2S. The van der Waals surface area contributed by atoms with Crippen LogP contribution < -0.4 is 4.74 Å². The van der Waals surface area contributed by atoms with Crippen molar-refractivity contribution in [2.45, 2.75) is 40.5 Å². The molecule has 0 bridgehead atoms. The third-order valence-corrected chi connectivity index (χ3v) is 3.73. The molecule has 0 aromatic heterocycles. The maximum absolute atomic E-state index is 11.3. The van der Waals surface area contributed by atoms with Gasteiger partial charge in [-0.3, -0.25) is 4.79 Å². The summed E-state index contributed by atoms with van der Waals surface area (Å²) in [6.45, 7) is 8.56. The van der Waals surface area contributed by atoms with Crippen molar-refractivity contribution in [2.24, 2.45) is 5.41 Å². The zero-order chi connectivity index (χ0) is 13.8. The molecule has 3 heteroatoms. The number of aryl methyl sites for hydroxylation is 2. The Morgan fingerprint density at radius 1 is 1.33 bits per heavy atom. The van der Waals surface area contributed by atoms with Crippen LogP contribution >= 0.6 is 12.6 Å². The molecule has 2 nitrogen and oxygen atoms in total. The molecule has 0 saturated heterocycles. The molecule has 1 rings (SSSR count). The van der Waals surface area contributed by atoms with Gasteiger partial charge in [0, 0.05) is 5.41 Å². The van der Waals surface area contributed by atoms with Crippen LogP contribution in [0.5, 0.6) is 5.75 Å². The number of rotatable bonds is 6. The zero-order valence-corrected chi connectivity index (χ0v) is 12.5. The first kappa shape index (κ1) is 15.1. The van der Waals surface area contributed by atoms with Crippen molar-refractivity contribution < 1.29 is 9.53 Å². The third kappa shape index (κ3) is 4.37. The van der Waals surface area contributed by atoms with Crippen LogP contribution in [0.1, 0.15) is 37.8 Å². The molecule has 0 aliphatic rings. The smallest absolute Gasteiger partial charge is 0.191 e. The van der Waals surface area contributed by atoms with E-state index in [1.165, 1.54) is 5.56 Å². The number of benzene rings is 1. The van der Waals surface area contributed by atoms with Crippen molar-refractivity contribution >= 4 is 17.7 Å². The summed E-state index contributed by atoms with van der Waals surface area (Å²) in [6, 6.07) is 6.18. The lowest BCUT2D eigenvalue weighted by Crippen LogP contribution is -2.20. The molecule has 18 heavy (non-hydrogen) atoms. The molecule has 0 N–H and O–H groups in total. The lowest BCUT2D eigenvalue weighted by Gasteiger charge is -2.20. The summed E-state index contributed by atoms with van der Waals surface area (Å²) < 4.78 is 5.76. The van der Waals surface area contributed by atoms with Crippen LogP contribution in [0.25, 0.3) is 0 Å². The van der Waals surface area contributed by atoms with Gasteiger partial charge in [0.1, 0.15) is 5.75 Å². The highest BCUT2D eigenvalue weighted by molar-refractivity contribution is 7.96. The number of hydrogen-bond acceptors (Lipinski definition) is 2. The summed E-state index contributed by atoms with van der Waals surface area (Å²) in [5.41, 5.74) is 1.97. The maximum Gasteiger partial charge on any atom is 0.191 e. The van der Waals surface area contributed by atoms with Crippen molar-refractivity contribution in [3.63, 3.8) is 0 Å². The van der Waals surface area contributed by atoms with E-state index in [1.54, 1.807) is 0 Å². The van der Waals surface area contributed by atoms with Crippen molar-refractivity contribution in [1.82, 2.24) is 0 Å². The van der Waals surface area contributed by atoms with Gasteiger partial charge in [-0.2, -0.15) is 0 Å². The second-order valence-electron chi connectivity index (χ2n) is 5.41. The van der Waals surface area contributed by atoms with Crippen LogP contribution in [-0.2, 0) is 4.79 Å². The maximum atomic E-state index is 11.3. The van der Waals surface area contributed by atoms with Gasteiger partial charge in [-0.1, -0.05) is 26.0 Å². The molecule has 0 amide bonds. The van der Waals surface area contributed by atoms with E-state index in [9.17, 15) is 4.79 Å². The molecule has 100 valence electrons. The minimum atomic E-state index is -0.367. The van der Waals surface area contributed by atoms with Gasteiger partial charge in [-0.05, 0) is 43.9 Å². The quantitative estimate of drug-likeness (QED) is 0.623. The zero-order valence-electron chi connectivity index (χ0n) is 11.6. The predicted octanol–water partition coefficient (Wildman–Crippen LogP) is 3.95. The fraction of sp³-hybridized carbons (Fsp3) is 0.533. The van der Waals surface area contributed by atoms with Crippen molar-refractivity contribution in [3.8, 4) is 5.75 Å².